The first-order valence-electron chi connectivity index (χ1n) is 9.91. The molecule has 7 nitrogen and oxygen atoms in total. The molecule has 0 spiro atoms. The van der Waals surface area contributed by atoms with E-state index in [1.54, 1.807) is 55.5 Å². The van der Waals surface area contributed by atoms with Gasteiger partial charge in [-0.15, -0.1) is 0 Å². The van der Waals surface area contributed by atoms with Gasteiger partial charge in [-0.2, -0.15) is 5.26 Å². The number of nitrogens with zero attached hydrogens (tertiary/aromatic N) is 1. The van der Waals surface area contributed by atoms with Crippen LogP contribution in [0.25, 0.3) is 0 Å². The first-order chi connectivity index (χ1) is 14.7. The standard InChI is InChI=1S/C24H26N2O5/c1-16(2)24(4,15-25)26-23(29)17(3)31-21(27)14-30-20-12-10-19(11-13-20)22(28)18-8-6-5-7-9-18/h5-13,16-17H,14H2,1-4H3,(H,26,29)/t17-,24-/m0/s1. The maximum Gasteiger partial charge on any atom is 0.344 e. The summed E-state index contributed by atoms with van der Waals surface area (Å²) in [6.07, 6.45) is -1.08. The van der Waals surface area contributed by atoms with Crippen LogP contribution in [-0.2, 0) is 14.3 Å². The Hall–Kier alpha value is -3.66. The molecule has 0 fully saturated rings. The van der Waals surface area contributed by atoms with Crippen LogP contribution in [0.2, 0.25) is 0 Å². The molecular formula is C24H26N2O5. The topological polar surface area (TPSA) is 105 Å². The van der Waals surface area contributed by atoms with Crippen LogP contribution in [-0.4, -0.2) is 35.9 Å². The van der Waals surface area contributed by atoms with Gasteiger partial charge in [0.25, 0.3) is 5.91 Å². The fourth-order valence-electron chi connectivity index (χ4n) is 2.54. The SMILES string of the molecule is CC(C)[C@](C)(C#N)NC(=O)[C@H](C)OC(=O)COc1ccc(C(=O)c2ccccc2)cc1. The molecule has 0 aliphatic heterocycles. The van der Waals surface area contributed by atoms with Gasteiger partial charge in [0.05, 0.1) is 6.07 Å². The van der Waals surface area contributed by atoms with Gasteiger partial charge in [-0.1, -0.05) is 44.2 Å². The first-order valence-corrected chi connectivity index (χ1v) is 9.91. The molecule has 162 valence electrons. The number of hydrogen-bond donors (Lipinski definition) is 1. The van der Waals surface area contributed by atoms with E-state index in [9.17, 15) is 19.6 Å². The average molecular weight is 422 g/mol. The van der Waals surface area contributed by atoms with Crippen LogP contribution >= 0.6 is 0 Å². The minimum Gasteiger partial charge on any atom is -0.482 e. The summed E-state index contributed by atoms with van der Waals surface area (Å²) in [6.45, 7) is 6.26. The highest BCUT2D eigenvalue weighted by atomic mass is 16.6. The Kier molecular flexibility index (Phi) is 7.92. The molecular weight excluding hydrogens is 396 g/mol. The molecule has 2 rings (SSSR count). The van der Waals surface area contributed by atoms with Crippen molar-refractivity contribution in [2.24, 2.45) is 5.92 Å². The summed E-state index contributed by atoms with van der Waals surface area (Å²) in [6, 6.07) is 17.4. The zero-order chi connectivity index (χ0) is 23.0. The van der Waals surface area contributed by atoms with E-state index in [2.05, 4.69) is 11.4 Å². The minimum atomic E-state index is -1.08. The molecule has 0 saturated carbocycles. The van der Waals surface area contributed by atoms with E-state index < -0.39 is 30.1 Å². The summed E-state index contributed by atoms with van der Waals surface area (Å²) < 4.78 is 10.5. The van der Waals surface area contributed by atoms with Gasteiger partial charge in [0.15, 0.2) is 18.5 Å². The molecule has 31 heavy (non-hydrogen) atoms. The van der Waals surface area contributed by atoms with Gasteiger partial charge in [-0.3, -0.25) is 9.59 Å². The van der Waals surface area contributed by atoms with Crippen molar-refractivity contribution in [1.29, 1.82) is 5.26 Å². The maximum atomic E-state index is 12.4. The number of carbonyl (C=O) groups excluding carboxylic acids is 3. The molecule has 0 radical (unpaired) electrons. The van der Waals surface area contributed by atoms with Crippen LogP contribution in [0.15, 0.2) is 54.6 Å². The van der Waals surface area contributed by atoms with E-state index in [1.165, 1.54) is 6.92 Å². The summed E-state index contributed by atoms with van der Waals surface area (Å²) >= 11 is 0. The third-order valence-electron chi connectivity index (χ3n) is 4.96. The number of ether oxygens (including phenoxy) is 2. The van der Waals surface area contributed by atoms with Crippen LogP contribution in [0, 0.1) is 17.2 Å². The lowest BCUT2D eigenvalue weighted by Gasteiger charge is -2.28. The fourth-order valence-corrected chi connectivity index (χ4v) is 2.54. The number of nitriles is 1. The van der Waals surface area contributed by atoms with Crippen LogP contribution in [0.1, 0.15) is 43.6 Å². The van der Waals surface area contributed by atoms with Gasteiger partial charge in [0.1, 0.15) is 11.3 Å². The highest BCUT2D eigenvalue weighted by Gasteiger charge is 2.32. The van der Waals surface area contributed by atoms with E-state index in [0.717, 1.165) is 0 Å². The minimum absolute atomic E-state index is 0.114. The molecule has 0 unspecified atom stereocenters. The van der Waals surface area contributed by atoms with Crippen molar-refractivity contribution in [1.82, 2.24) is 5.32 Å². The molecule has 0 aromatic heterocycles. The average Bonchev–Trinajstić information content (AvgIpc) is 2.77. The van der Waals surface area contributed by atoms with Crippen molar-refractivity contribution in [2.45, 2.75) is 39.3 Å². The van der Waals surface area contributed by atoms with Crippen molar-refractivity contribution in [2.75, 3.05) is 6.61 Å². The number of carbonyl (C=O) groups is 3. The Balaban J connectivity index is 1.86. The summed E-state index contributed by atoms with van der Waals surface area (Å²) in [4.78, 5) is 36.7. The number of nitrogens with one attached hydrogen (secondary N) is 1. The van der Waals surface area contributed by atoms with Crippen LogP contribution < -0.4 is 10.1 Å². The summed E-state index contributed by atoms with van der Waals surface area (Å²) in [7, 11) is 0. The third-order valence-corrected chi connectivity index (χ3v) is 4.96. The second-order valence-electron chi connectivity index (χ2n) is 7.60. The zero-order valence-electron chi connectivity index (χ0n) is 18.0. The van der Waals surface area contributed by atoms with Crippen molar-refractivity contribution < 1.29 is 23.9 Å². The number of hydrogen-bond acceptors (Lipinski definition) is 6. The highest BCUT2D eigenvalue weighted by molar-refractivity contribution is 6.09. The van der Waals surface area contributed by atoms with Crippen molar-refractivity contribution >= 4 is 17.7 Å². The largest absolute Gasteiger partial charge is 0.482 e. The molecule has 7 heteroatoms. The molecule has 2 aromatic rings. The molecule has 0 aliphatic rings. The van der Waals surface area contributed by atoms with Crippen LogP contribution in [0.3, 0.4) is 0 Å². The molecule has 0 aliphatic carbocycles. The zero-order valence-corrected chi connectivity index (χ0v) is 18.0. The van der Waals surface area contributed by atoms with Crippen LogP contribution in [0.4, 0.5) is 0 Å². The summed E-state index contributed by atoms with van der Waals surface area (Å²) in [5, 5.41) is 11.9. The van der Waals surface area contributed by atoms with Crippen molar-refractivity contribution in [3.05, 3.63) is 65.7 Å². The van der Waals surface area contributed by atoms with Gasteiger partial charge in [0.2, 0.25) is 0 Å². The van der Waals surface area contributed by atoms with E-state index in [4.69, 9.17) is 9.47 Å². The third kappa shape index (κ3) is 6.41. The van der Waals surface area contributed by atoms with Gasteiger partial charge in [-0.05, 0) is 44.0 Å². The second-order valence-corrected chi connectivity index (χ2v) is 7.60. The number of ketones is 1. The predicted molar refractivity (Wildman–Crippen MR) is 114 cm³/mol. The summed E-state index contributed by atoms with van der Waals surface area (Å²) in [5.74, 6) is -1.14. The highest BCUT2D eigenvalue weighted by Crippen LogP contribution is 2.17. The lowest BCUT2D eigenvalue weighted by Crippen LogP contribution is -2.52. The number of esters is 1. The number of rotatable bonds is 9. The van der Waals surface area contributed by atoms with Gasteiger partial charge in [0, 0.05) is 11.1 Å². The lowest BCUT2D eigenvalue weighted by molar-refractivity contribution is -0.157. The van der Waals surface area contributed by atoms with Gasteiger partial charge >= 0.3 is 5.97 Å². The molecule has 1 N–H and O–H groups in total. The monoisotopic (exact) mass is 422 g/mol. The number of benzene rings is 2. The van der Waals surface area contributed by atoms with E-state index >= 15 is 0 Å². The van der Waals surface area contributed by atoms with Crippen molar-refractivity contribution in [3.63, 3.8) is 0 Å². The Morgan fingerprint density at radius 3 is 2.13 bits per heavy atom. The van der Waals surface area contributed by atoms with Crippen molar-refractivity contribution in [3.8, 4) is 11.8 Å². The summed E-state index contributed by atoms with van der Waals surface area (Å²) in [5.41, 5.74) is 0.0155. The normalized spacial score (nSPS) is 13.4. The molecule has 0 heterocycles. The fraction of sp³-hybridized carbons (Fsp3) is 0.333. The van der Waals surface area contributed by atoms with E-state index in [-0.39, 0.29) is 11.7 Å². The van der Waals surface area contributed by atoms with E-state index in [0.29, 0.717) is 16.9 Å². The Morgan fingerprint density at radius 2 is 1.58 bits per heavy atom. The maximum absolute atomic E-state index is 12.4. The predicted octanol–water partition coefficient (Wildman–Crippen LogP) is 3.28. The van der Waals surface area contributed by atoms with Crippen LogP contribution in [0.5, 0.6) is 5.75 Å². The second kappa shape index (κ2) is 10.4. The Labute approximate surface area is 182 Å². The van der Waals surface area contributed by atoms with Gasteiger partial charge in [-0.25, -0.2) is 4.79 Å². The molecule has 2 aromatic carbocycles. The Bertz CT molecular complexity index is 964. The molecule has 2 atom stereocenters. The quantitative estimate of drug-likeness (QED) is 0.491. The Morgan fingerprint density at radius 1 is 1.00 bits per heavy atom. The molecule has 1 amide bonds. The van der Waals surface area contributed by atoms with Gasteiger partial charge < -0.3 is 14.8 Å². The van der Waals surface area contributed by atoms with E-state index in [1.807, 2.05) is 19.9 Å². The molecule has 0 bridgehead atoms. The molecule has 0 saturated heterocycles. The smallest absolute Gasteiger partial charge is 0.344 e. The first kappa shape index (κ1) is 23.6. The number of amides is 1. The lowest BCUT2D eigenvalue weighted by atomic mass is 9.90.